The maximum atomic E-state index is 13.3. The molecule has 126 valence electrons. The van der Waals surface area contributed by atoms with Gasteiger partial charge in [-0.15, -0.1) is 0 Å². The minimum absolute atomic E-state index is 0.331. The molecule has 2 aromatic carbocycles. The lowest BCUT2D eigenvalue weighted by molar-refractivity contribution is 0.102. The van der Waals surface area contributed by atoms with Gasteiger partial charge in [-0.25, -0.2) is 9.37 Å². The van der Waals surface area contributed by atoms with Crippen LogP contribution in [0.1, 0.15) is 10.4 Å². The van der Waals surface area contributed by atoms with Crippen molar-refractivity contribution in [2.24, 2.45) is 0 Å². The first-order valence-corrected chi connectivity index (χ1v) is 7.59. The van der Waals surface area contributed by atoms with Crippen molar-refractivity contribution in [3.05, 3.63) is 78.2 Å². The molecule has 0 saturated carbocycles. The minimum atomic E-state index is -0.374. The molecule has 1 aromatic heterocycles. The van der Waals surface area contributed by atoms with E-state index in [0.717, 1.165) is 0 Å². The Morgan fingerprint density at radius 1 is 1.08 bits per heavy atom. The first-order chi connectivity index (χ1) is 12.2. The Balaban J connectivity index is 1.86. The molecule has 5 nitrogen and oxygen atoms in total. The normalized spacial score (nSPS) is 10.2. The monoisotopic (exact) mass is 337 g/mol. The molecule has 1 heterocycles. The first kappa shape index (κ1) is 16.4. The molecule has 0 bridgehead atoms. The summed E-state index contributed by atoms with van der Waals surface area (Å²) >= 11 is 0. The molecular formula is C19H16FN3O2. The van der Waals surface area contributed by atoms with Gasteiger partial charge in [0, 0.05) is 11.9 Å². The number of ether oxygens (including phenoxy) is 1. The predicted molar refractivity (Wildman–Crippen MR) is 94.9 cm³/mol. The van der Waals surface area contributed by atoms with Crippen molar-refractivity contribution in [3.63, 3.8) is 0 Å². The van der Waals surface area contributed by atoms with E-state index in [9.17, 15) is 9.18 Å². The van der Waals surface area contributed by atoms with Crippen LogP contribution in [0.25, 0.3) is 0 Å². The number of benzene rings is 2. The molecule has 0 spiro atoms. The van der Waals surface area contributed by atoms with E-state index >= 15 is 0 Å². The number of amides is 1. The highest BCUT2D eigenvalue weighted by Gasteiger charge is 2.14. The number of para-hydroxylation sites is 2. The van der Waals surface area contributed by atoms with Crippen molar-refractivity contribution in [2.75, 3.05) is 17.7 Å². The molecule has 6 heteroatoms. The van der Waals surface area contributed by atoms with E-state index in [4.69, 9.17) is 4.74 Å². The highest BCUT2D eigenvalue weighted by atomic mass is 19.1. The van der Waals surface area contributed by atoms with Crippen LogP contribution in [-0.4, -0.2) is 18.0 Å². The number of anilines is 3. The number of methoxy groups -OCH3 is 1. The van der Waals surface area contributed by atoms with Crippen molar-refractivity contribution in [1.82, 2.24) is 4.98 Å². The van der Waals surface area contributed by atoms with Gasteiger partial charge in [0.25, 0.3) is 5.91 Å². The van der Waals surface area contributed by atoms with Crippen molar-refractivity contribution >= 4 is 23.1 Å². The van der Waals surface area contributed by atoms with Crippen LogP contribution < -0.4 is 15.4 Å². The summed E-state index contributed by atoms with van der Waals surface area (Å²) in [6, 6.07) is 16.4. The smallest absolute Gasteiger partial charge is 0.259 e. The van der Waals surface area contributed by atoms with Crippen LogP contribution in [-0.2, 0) is 0 Å². The number of hydrogen-bond donors (Lipinski definition) is 2. The number of aromatic nitrogens is 1. The molecule has 25 heavy (non-hydrogen) atoms. The van der Waals surface area contributed by atoms with Gasteiger partial charge in [-0.3, -0.25) is 4.79 Å². The van der Waals surface area contributed by atoms with Gasteiger partial charge in [0.2, 0.25) is 0 Å². The van der Waals surface area contributed by atoms with Crippen LogP contribution in [0.15, 0.2) is 66.9 Å². The molecule has 0 fully saturated rings. The van der Waals surface area contributed by atoms with Gasteiger partial charge < -0.3 is 15.4 Å². The predicted octanol–water partition coefficient (Wildman–Crippen LogP) is 4.23. The second-order valence-electron chi connectivity index (χ2n) is 5.19. The Bertz CT molecular complexity index is 899. The molecule has 0 aliphatic heterocycles. The average Bonchev–Trinajstić information content (AvgIpc) is 2.62. The van der Waals surface area contributed by atoms with Crippen molar-refractivity contribution in [2.45, 2.75) is 0 Å². The Labute approximate surface area is 144 Å². The molecule has 0 saturated heterocycles. The molecule has 2 N–H and O–H groups in total. The Kier molecular flexibility index (Phi) is 4.89. The van der Waals surface area contributed by atoms with E-state index in [1.54, 1.807) is 48.7 Å². The zero-order valence-electron chi connectivity index (χ0n) is 13.5. The molecule has 0 aliphatic rings. The molecule has 3 aromatic rings. The largest absolute Gasteiger partial charge is 0.495 e. The summed E-state index contributed by atoms with van der Waals surface area (Å²) in [5, 5.41) is 5.76. The molecule has 0 atom stereocenters. The summed E-state index contributed by atoms with van der Waals surface area (Å²) in [6.07, 6.45) is 1.56. The van der Waals surface area contributed by atoms with E-state index in [2.05, 4.69) is 15.6 Å². The summed E-state index contributed by atoms with van der Waals surface area (Å²) in [4.78, 5) is 16.8. The summed E-state index contributed by atoms with van der Waals surface area (Å²) in [7, 11) is 1.53. The summed E-state index contributed by atoms with van der Waals surface area (Å²) in [5.74, 6) is 0.164. The lowest BCUT2D eigenvalue weighted by Gasteiger charge is -2.13. The van der Waals surface area contributed by atoms with Gasteiger partial charge >= 0.3 is 0 Å². The van der Waals surface area contributed by atoms with E-state index in [1.807, 2.05) is 6.07 Å². The third-order valence-electron chi connectivity index (χ3n) is 3.49. The SMILES string of the molecule is COc1ccccc1NC(=O)c1cccnc1Nc1cccc(F)c1. The molecule has 3 rings (SSSR count). The van der Waals surface area contributed by atoms with Crippen LogP contribution in [0.2, 0.25) is 0 Å². The van der Waals surface area contributed by atoms with Crippen molar-refractivity contribution in [1.29, 1.82) is 0 Å². The topological polar surface area (TPSA) is 63.2 Å². The standard InChI is InChI=1S/C19H16FN3O2/c1-25-17-10-3-2-9-16(17)23-19(24)15-8-5-11-21-18(15)22-14-7-4-6-13(20)12-14/h2-12H,1H3,(H,21,22)(H,23,24). The van der Waals surface area contributed by atoms with Gasteiger partial charge in [-0.1, -0.05) is 18.2 Å². The highest BCUT2D eigenvalue weighted by molar-refractivity contribution is 6.08. The average molecular weight is 337 g/mol. The third-order valence-corrected chi connectivity index (χ3v) is 3.49. The Hall–Kier alpha value is -3.41. The number of nitrogens with zero attached hydrogens (tertiary/aromatic N) is 1. The summed E-state index contributed by atoms with van der Waals surface area (Å²) < 4.78 is 18.6. The number of nitrogens with one attached hydrogen (secondary N) is 2. The van der Waals surface area contributed by atoms with Gasteiger partial charge in [-0.2, -0.15) is 0 Å². The number of halogens is 1. The summed E-state index contributed by atoms with van der Waals surface area (Å²) in [6.45, 7) is 0. The second kappa shape index (κ2) is 7.44. The van der Waals surface area contributed by atoms with Crippen LogP contribution in [0.3, 0.4) is 0 Å². The van der Waals surface area contributed by atoms with E-state index in [1.165, 1.54) is 19.2 Å². The van der Waals surface area contributed by atoms with E-state index in [0.29, 0.717) is 28.5 Å². The van der Waals surface area contributed by atoms with Crippen molar-refractivity contribution < 1.29 is 13.9 Å². The van der Waals surface area contributed by atoms with E-state index in [-0.39, 0.29) is 11.7 Å². The quantitative estimate of drug-likeness (QED) is 0.731. The fourth-order valence-electron chi connectivity index (χ4n) is 2.33. The molecule has 0 aliphatic carbocycles. The fraction of sp³-hybridized carbons (Fsp3) is 0.0526. The molecular weight excluding hydrogens is 321 g/mol. The van der Waals surface area contributed by atoms with Crippen LogP contribution in [0.4, 0.5) is 21.6 Å². The zero-order chi connectivity index (χ0) is 17.6. The van der Waals surface area contributed by atoms with E-state index < -0.39 is 0 Å². The number of hydrogen-bond acceptors (Lipinski definition) is 4. The Morgan fingerprint density at radius 2 is 1.92 bits per heavy atom. The van der Waals surface area contributed by atoms with Gasteiger partial charge in [0.05, 0.1) is 18.4 Å². The molecule has 0 unspecified atom stereocenters. The van der Waals surface area contributed by atoms with Crippen LogP contribution in [0, 0.1) is 5.82 Å². The van der Waals surface area contributed by atoms with Gasteiger partial charge in [0.15, 0.2) is 0 Å². The number of rotatable bonds is 5. The highest BCUT2D eigenvalue weighted by Crippen LogP contribution is 2.25. The lowest BCUT2D eigenvalue weighted by Crippen LogP contribution is -2.15. The minimum Gasteiger partial charge on any atom is -0.495 e. The van der Waals surface area contributed by atoms with Crippen LogP contribution in [0.5, 0.6) is 5.75 Å². The van der Waals surface area contributed by atoms with Gasteiger partial charge in [-0.05, 0) is 42.5 Å². The number of pyridine rings is 1. The number of carbonyl (C=O) groups is 1. The molecule has 0 radical (unpaired) electrons. The zero-order valence-corrected chi connectivity index (χ0v) is 13.5. The second-order valence-corrected chi connectivity index (χ2v) is 5.19. The molecule has 1 amide bonds. The Morgan fingerprint density at radius 3 is 2.72 bits per heavy atom. The maximum Gasteiger partial charge on any atom is 0.259 e. The lowest BCUT2D eigenvalue weighted by atomic mass is 10.2. The van der Waals surface area contributed by atoms with Crippen LogP contribution >= 0.6 is 0 Å². The number of carbonyl (C=O) groups excluding carboxylic acids is 1. The third kappa shape index (κ3) is 3.92. The maximum absolute atomic E-state index is 13.3. The fourth-order valence-corrected chi connectivity index (χ4v) is 2.33. The van der Waals surface area contributed by atoms with Gasteiger partial charge in [0.1, 0.15) is 17.4 Å². The first-order valence-electron chi connectivity index (χ1n) is 7.59. The van der Waals surface area contributed by atoms with Crippen molar-refractivity contribution in [3.8, 4) is 5.75 Å². The summed E-state index contributed by atoms with van der Waals surface area (Å²) in [5.41, 5.74) is 1.39.